The van der Waals surface area contributed by atoms with Gasteiger partial charge < -0.3 is 10.8 Å². The van der Waals surface area contributed by atoms with Crippen LogP contribution in [0.4, 0.5) is 4.39 Å². The second-order valence-corrected chi connectivity index (χ2v) is 5.76. The summed E-state index contributed by atoms with van der Waals surface area (Å²) in [4.78, 5) is 0. The summed E-state index contributed by atoms with van der Waals surface area (Å²) in [5.41, 5.74) is 9.43. The molecule has 2 aromatic rings. The van der Waals surface area contributed by atoms with Crippen LogP contribution in [0.5, 0.6) is 0 Å². The maximum Gasteiger partial charge on any atom is 0.123 e. The predicted octanol–water partition coefficient (Wildman–Crippen LogP) is 2.87. The van der Waals surface area contributed by atoms with Crippen molar-refractivity contribution in [2.24, 2.45) is 5.73 Å². The number of nitrogens with two attached hydrogens (primary N) is 1. The molecule has 0 spiro atoms. The van der Waals surface area contributed by atoms with Crippen molar-refractivity contribution in [3.05, 3.63) is 70.5 Å². The van der Waals surface area contributed by atoms with Crippen LogP contribution in [0.3, 0.4) is 0 Å². The average molecular weight is 287 g/mol. The Hall–Kier alpha value is -1.71. The number of rotatable bonds is 5. The van der Waals surface area contributed by atoms with Crippen molar-refractivity contribution in [3.8, 4) is 0 Å². The minimum Gasteiger partial charge on any atom is -0.395 e. The smallest absolute Gasteiger partial charge is 0.123 e. The van der Waals surface area contributed by atoms with E-state index >= 15 is 0 Å². The molecule has 3 heteroatoms. The van der Waals surface area contributed by atoms with E-state index in [4.69, 9.17) is 5.73 Å². The highest BCUT2D eigenvalue weighted by Crippen LogP contribution is 2.29. The van der Waals surface area contributed by atoms with Crippen LogP contribution in [-0.2, 0) is 11.8 Å². The second kappa shape index (κ2) is 6.37. The van der Waals surface area contributed by atoms with Crippen molar-refractivity contribution in [3.63, 3.8) is 0 Å². The number of hydrogen-bond acceptors (Lipinski definition) is 2. The van der Waals surface area contributed by atoms with Crippen LogP contribution >= 0.6 is 0 Å². The molecule has 2 rings (SSSR count). The van der Waals surface area contributed by atoms with E-state index in [-0.39, 0.29) is 12.4 Å². The molecule has 0 amide bonds. The topological polar surface area (TPSA) is 46.2 Å². The second-order valence-electron chi connectivity index (χ2n) is 5.76. The fraction of sp³-hybridized carbons (Fsp3) is 0.333. The lowest BCUT2D eigenvalue weighted by atomic mass is 9.75. The molecule has 3 N–H and O–H groups in total. The summed E-state index contributed by atoms with van der Waals surface area (Å²) in [7, 11) is 0. The molecular weight excluding hydrogens is 265 g/mol. The van der Waals surface area contributed by atoms with Gasteiger partial charge in [-0.05, 0) is 49.1 Å². The molecule has 0 aliphatic carbocycles. The first-order valence-corrected chi connectivity index (χ1v) is 7.14. The SMILES string of the molecule is Cc1ccc(C(CN)(CO)Cc2cc(F)ccc2C)cc1. The molecule has 2 aromatic carbocycles. The summed E-state index contributed by atoms with van der Waals surface area (Å²) in [6, 6.07) is 12.7. The molecule has 0 aliphatic heterocycles. The van der Waals surface area contributed by atoms with Gasteiger partial charge in [0.05, 0.1) is 6.61 Å². The van der Waals surface area contributed by atoms with Crippen molar-refractivity contribution in [2.75, 3.05) is 13.2 Å². The Balaban J connectivity index is 2.42. The van der Waals surface area contributed by atoms with Crippen LogP contribution in [0.2, 0.25) is 0 Å². The quantitative estimate of drug-likeness (QED) is 0.888. The van der Waals surface area contributed by atoms with E-state index in [9.17, 15) is 9.50 Å². The van der Waals surface area contributed by atoms with Gasteiger partial charge in [0.25, 0.3) is 0 Å². The highest BCUT2D eigenvalue weighted by molar-refractivity contribution is 5.35. The molecule has 0 aromatic heterocycles. The molecule has 0 saturated heterocycles. The Bertz CT molecular complexity index is 603. The summed E-state index contributed by atoms with van der Waals surface area (Å²) in [5, 5.41) is 9.95. The first kappa shape index (κ1) is 15.7. The van der Waals surface area contributed by atoms with Gasteiger partial charge in [-0.3, -0.25) is 0 Å². The van der Waals surface area contributed by atoms with Crippen LogP contribution in [0, 0.1) is 19.7 Å². The zero-order valence-corrected chi connectivity index (χ0v) is 12.6. The van der Waals surface area contributed by atoms with Gasteiger partial charge in [-0.2, -0.15) is 0 Å². The maximum atomic E-state index is 13.5. The van der Waals surface area contributed by atoms with Crippen LogP contribution in [0.1, 0.15) is 22.3 Å². The lowest BCUT2D eigenvalue weighted by Crippen LogP contribution is -2.41. The van der Waals surface area contributed by atoms with Gasteiger partial charge in [0, 0.05) is 12.0 Å². The van der Waals surface area contributed by atoms with Gasteiger partial charge in [0.2, 0.25) is 0 Å². The Morgan fingerprint density at radius 3 is 2.33 bits per heavy atom. The third-order valence-electron chi connectivity index (χ3n) is 4.20. The number of aliphatic hydroxyl groups excluding tert-OH is 1. The standard InChI is InChI=1S/C18H22FNO/c1-13-3-6-16(7-4-13)18(11-20,12-21)10-15-9-17(19)8-5-14(15)2/h3-9,21H,10-12,20H2,1-2H3. The van der Waals surface area contributed by atoms with Crippen LogP contribution in [-0.4, -0.2) is 18.3 Å². The molecule has 0 heterocycles. The van der Waals surface area contributed by atoms with Crippen LogP contribution < -0.4 is 5.73 Å². The number of aryl methyl sites for hydroxylation is 2. The van der Waals surface area contributed by atoms with E-state index in [0.717, 1.165) is 22.3 Å². The lowest BCUT2D eigenvalue weighted by molar-refractivity contribution is 0.196. The molecule has 0 bridgehead atoms. The van der Waals surface area contributed by atoms with Gasteiger partial charge >= 0.3 is 0 Å². The predicted molar refractivity (Wildman–Crippen MR) is 83.8 cm³/mol. The fourth-order valence-corrected chi connectivity index (χ4v) is 2.61. The number of benzene rings is 2. The van der Waals surface area contributed by atoms with Crippen molar-refractivity contribution in [1.29, 1.82) is 0 Å². The third-order valence-corrected chi connectivity index (χ3v) is 4.20. The third kappa shape index (κ3) is 3.31. The van der Waals surface area contributed by atoms with Gasteiger partial charge in [-0.1, -0.05) is 35.9 Å². The number of aliphatic hydroxyl groups is 1. The minimum absolute atomic E-state index is 0.0670. The minimum atomic E-state index is -0.577. The largest absolute Gasteiger partial charge is 0.395 e. The summed E-state index contributed by atoms with van der Waals surface area (Å²) in [5.74, 6) is -0.261. The first-order chi connectivity index (χ1) is 10.0. The number of hydrogen-bond donors (Lipinski definition) is 2. The Kier molecular flexibility index (Phi) is 4.76. The first-order valence-electron chi connectivity index (χ1n) is 7.14. The van der Waals surface area contributed by atoms with E-state index in [1.54, 1.807) is 6.07 Å². The normalized spacial score (nSPS) is 14.0. The average Bonchev–Trinajstić information content (AvgIpc) is 2.49. The van der Waals surface area contributed by atoms with Crippen molar-refractivity contribution in [1.82, 2.24) is 0 Å². The van der Waals surface area contributed by atoms with Crippen molar-refractivity contribution < 1.29 is 9.50 Å². The summed E-state index contributed by atoms with van der Waals surface area (Å²) >= 11 is 0. The number of halogens is 1. The lowest BCUT2D eigenvalue weighted by Gasteiger charge is -2.32. The zero-order chi connectivity index (χ0) is 15.5. The van der Waals surface area contributed by atoms with Gasteiger partial charge in [-0.15, -0.1) is 0 Å². The fourth-order valence-electron chi connectivity index (χ4n) is 2.61. The van der Waals surface area contributed by atoms with Gasteiger partial charge in [-0.25, -0.2) is 4.39 Å². The van der Waals surface area contributed by atoms with E-state index < -0.39 is 5.41 Å². The summed E-state index contributed by atoms with van der Waals surface area (Å²) < 4.78 is 13.5. The Morgan fingerprint density at radius 1 is 1.10 bits per heavy atom. The summed E-state index contributed by atoms with van der Waals surface area (Å²) in [6.45, 7) is 4.21. The van der Waals surface area contributed by atoms with Crippen molar-refractivity contribution in [2.45, 2.75) is 25.7 Å². The highest BCUT2D eigenvalue weighted by Gasteiger charge is 2.31. The molecule has 2 nitrogen and oxygen atoms in total. The zero-order valence-electron chi connectivity index (χ0n) is 12.6. The monoisotopic (exact) mass is 287 g/mol. The molecule has 1 unspecified atom stereocenters. The Labute approximate surface area is 125 Å². The molecule has 1 atom stereocenters. The molecule has 112 valence electrons. The van der Waals surface area contributed by atoms with Crippen LogP contribution in [0.15, 0.2) is 42.5 Å². The van der Waals surface area contributed by atoms with Crippen LogP contribution in [0.25, 0.3) is 0 Å². The van der Waals surface area contributed by atoms with Gasteiger partial charge in [0.1, 0.15) is 5.82 Å². The molecule has 0 aliphatic rings. The molecule has 21 heavy (non-hydrogen) atoms. The molecule has 0 saturated carbocycles. The molecule has 0 radical (unpaired) electrons. The van der Waals surface area contributed by atoms with E-state index in [2.05, 4.69) is 0 Å². The van der Waals surface area contributed by atoms with Gasteiger partial charge in [0.15, 0.2) is 0 Å². The summed E-state index contributed by atoms with van der Waals surface area (Å²) in [6.07, 6.45) is 0.520. The van der Waals surface area contributed by atoms with E-state index in [0.29, 0.717) is 13.0 Å². The Morgan fingerprint density at radius 2 is 1.76 bits per heavy atom. The van der Waals surface area contributed by atoms with E-state index in [1.807, 2.05) is 38.1 Å². The van der Waals surface area contributed by atoms with E-state index in [1.165, 1.54) is 12.1 Å². The highest BCUT2D eigenvalue weighted by atomic mass is 19.1. The van der Waals surface area contributed by atoms with Crippen molar-refractivity contribution >= 4 is 0 Å². The molecule has 0 fully saturated rings. The maximum absolute atomic E-state index is 13.5. The molecular formula is C18H22FNO.